The van der Waals surface area contributed by atoms with E-state index in [0.717, 1.165) is 5.75 Å². The number of hydrogen-bond donors (Lipinski definition) is 1. The molecule has 0 aliphatic rings. The van der Waals surface area contributed by atoms with Crippen LogP contribution in [0.5, 0.6) is 17.2 Å². The Hall–Kier alpha value is -1.48. The quantitative estimate of drug-likeness (QED) is 0.890. The average Bonchev–Trinajstić information content (AvgIpc) is 2.25. The molecule has 0 fully saturated rings. The molecule has 0 saturated heterocycles. The van der Waals surface area contributed by atoms with Crippen LogP contribution in [0.4, 0.5) is 0 Å². The van der Waals surface area contributed by atoms with Gasteiger partial charge in [0.1, 0.15) is 17.2 Å². The third-order valence-corrected chi connectivity index (χ3v) is 2.53. The summed E-state index contributed by atoms with van der Waals surface area (Å²) in [4.78, 5) is 0. The Morgan fingerprint density at radius 3 is 2.33 bits per heavy atom. The lowest BCUT2D eigenvalue weighted by Crippen LogP contribution is -1.83. The van der Waals surface area contributed by atoms with Crippen LogP contribution in [0.25, 0.3) is 0 Å². The van der Waals surface area contributed by atoms with Gasteiger partial charge in [0, 0.05) is 0 Å². The van der Waals surface area contributed by atoms with E-state index < -0.39 is 0 Å². The fourth-order valence-electron chi connectivity index (χ4n) is 1.18. The zero-order valence-electron chi connectivity index (χ0n) is 7.85. The molecular formula is C12H9BrO2. The van der Waals surface area contributed by atoms with Crippen LogP contribution in [-0.2, 0) is 0 Å². The number of phenolic OH excluding ortho intramolecular Hbond substituents is 1. The molecule has 3 heteroatoms. The fraction of sp³-hybridized carbons (Fsp3) is 0. The summed E-state index contributed by atoms with van der Waals surface area (Å²) in [5.41, 5.74) is 0. The van der Waals surface area contributed by atoms with Crippen LogP contribution in [0.2, 0.25) is 0 Å². The molecule has 0 aliphatic heterocycles. The van der Waals surface area contributed by atoms with Gasteiger partial charge in [-0.3, -0.25) is 0 Å². The molecule has 0 radical (unpaired) electrons. The first kappa shape index (κ1) is 10.1. The summed E-state index contributed by atoms with van der Waals surface area (Å²) in [5.74, 6) is 1.66. The van der Waals surface area contributed by atoms with Crippen molar-refractivity contribution in [3.8, 4) is 17.2 Å². The summed E-state index contributed by atoms with van der Waals surface area (Å²) >= 11 is 3.23. The van der Waals surface area contributed by atoms with Gasteiger partial charge in [-0.25, -0.2) is 0 Å². The summed E-state index contributed by atoms with van der Waals surface area (Å²) in [5, 5.41) is 9.31. The highest BCUT2D eigenvalue weighted by atomic mass is 79.9. The highest BCUT2D eigenvalue weighted by Gasteiger charge is 2.01. The number of benzene rings is 2. The van der Waals surface area contributed by atoms with Crippen LogP contribution in [0.3, 0.4) is 0 Å². The van der Waals surface area contributed by atoms with Crippen molar-refractivity contribution in [2.75, 3.05) is 0 Å². The zero-order chi connectivity index (χ0) is 10.7. The molecule has 0 amide bonds. The van der Waals surface area contributed by atoms with Gasteiger partial charge in [-0.15, -0.1) is 0 Å². The Balaban J connectivity index is 2.22. The number of ether oxygens (including phenoxy) is 1. The Labute approximate surface area is 96.3 Å². The largest absolute Gasteiger partial charge is 0.507 e. The number of hydrogen-bond acceptors (Lipinski definition) is 2. The normalized spacial score (nSPS) is 9.93. The van der Waals surface area contributed by atoms with Gasteiger partial charge >= 0.3 is 0 Å². The molecule has 0 atom stereocenters. The minimum Gasteiger partial charge on any atom is -0.507 e. The molecule has 0 spiro atoms. The Morgan fingerprint density at radius 2 is 1.67 bits per heavy atom. The Morgan fingerprint density at radius 1 is 0.933 bits per heavy atom. The second-order valence-electron chi connectivity index (χ2n) is 3.03. The molecule has 0 heterocycles. The lowest BCUT2D eigenvalue weighted by molar-refractivity contribution is 0.461. The molecule has 2 aromatic carbocycles. The number of phenols is 1. The Bertz CT molecular complexity index is 454. The molecule has 0 saturated carbocycles. The van der Waals surface area contributed by atoms with Crippen molar-refractivity contribution in [2.24, 2.45) is 0 Å². The summed E-state index contributed by atoms with van der Waals surface area (Å²) < 4.78 is 6.19. The monoisotopic (exact) mass is 264 g/mol. The third-order valence-electron chi connectivity index (χ3n) is 1.90. The first-order valence-corrected chi connectivity index (χ1v) is 5.26. The van der Waals surface area contributed by atoms with Gasteiger partial charge in [0.25, 0.3) is 0 Å². The van der Waals surface area contributed by atoms with E-state index >= 15 is 0 Å². The van der Waals surface area contributed by atoms with Gasteiger partial charge in [0.05, 0.1) is 4.47 Å². The molecule has 15 heavy (non-hydrogen) atoms. The van der Waals surface area contributed by atoms with Crippen molar-refractivity contribution in [3.05, 3.63) is 53.0 Å². The van der Waals surface area contributed by atoms with Crippen molar-refractivity contribution in [1.29, 1.82) is 0 Å². The predicted molar refractivity (Wildman–Crippen MR) is 62.3 cm³/mol. The first-order valence-electron chi connectivity index (χ1n) is 4.47. The average molecular weight is 265 g/mol. The smallest absolute Gasteiger partial charge is 0.130 e. The van der Waals surface area contributed by atoms with Crippen LogP contribution in [0.15, 0.2) is 53.0 Å². The first-order chi connectivity index (χ1) is 7.25. The minimum absolute atomic E-state index is 0.204. The van der Waals surface area contributed by atoms with Crippen molar-refractivity contribution in [2.45, 2.75) is 0 Å². The van der Waals surface area contributed by atoms with Crippen LogP contribution in [0, 0.1) is 0 Å². The maximum absolute atomic E-state index is 9.31. The van der Waals surface area contributed by atoms with Gasteiger partial charge in [-0.1, -0.05) is 18.2 Å². The molecule has 2 aromatic rings. The van der Waals surface area contributed by atoms with Gasteiger partial charge in [0.15, 0.2) is 0 Å². The molecule has 0 aliphatic carbocycles. The van der Waals surface area contributed by atoms with Gasteiger partial charge in [-0.05, 0) is 46.3 Å². The van der Waals surface area contributed by atoms with E-state index in [0.29, 0.717) is 10.2 Å². The second-order valence-corrected chi connectivity index (χ2v) is 3.88. The molecular weight excluding hydrogens is 256 g/mol. The maximum Gasteiger partial charge on any atom is 0.130 e. The standard InChI is InChI=1S/C12H9BrO2/c13-11-8-10(6-7-12(11)14)15-9-4-2-1-3-5-9/h1-8,14H. The minimum atomic E-state index is 0.204. The lowest BCUT2D eigenvalue weighted by Gasteiger charge is -2.06. The van der Waals surface area contributed by atoms with Gasteiger partial charge in [-0.2, -0.15) is 0 Å². The van der Waals surface area contributed by atoms with Crippen molar-refractivity contribution in [3.63, 3.8) is 0 Å². The van der Waals surface area contributed by atoms with E-state index in [1.54, 1.807) is 18.2 Å². The molecule has 2 rings (SSSR count). The van der Waals surface area contributed by atoms with E-state index in [-0.39, 0.29) is 5.75 Å². The van der Waals surface area contributed by atoms with Crippen LogP contribution in [-0.4, -0.2) is 5.11 Å². The number of aromatic hydroxyl groups is 1. The fourth-order valence-corrected chi connectivity index (χ4v) is 1.53. The predicted octanol–water partition coefficient (Wildman–Crippen LogP) is 3.95. The van der Waals surface area contributed by atoms with Crippen molar-refractivity contribution in [1.82, 2.24) is 0 Å². The molecule has 76 valence electrons. The summed E-state index contributed by atoms with van der Waals surface area (Å²) in [6, 6.07) is 14.5. The zero-order valence-corrected chi connectivity index (χ0v) is 9.44. The van der Waals surface area contributed by atoms with E-state index in [1.807, 2.05) is 30.3 Å². The van der Waals surface area contributed by atoms with Crippen LogP contribution >= 0.6 is 15.9 Å². The summed E-state index contributed by atoms with van der Waals surface area (Å²) in [6.07, 6.45) is 0. The summed E-state index contributed by atoms with van der Waals surface area (Å²) in [7, 11) is 0. The molecule has 2 nitrogen and oxygen atoms in total. The van der Waals surface area contributed by atoms with Crippen LogP contribution < -0.4 is 4.74 Å². The second kappa shape index (κ2) is 4.36. The molecule has 0 unspecified atom stereocenters. The topological polar surface area (TPSA) is 29.5 Å². The molecule has 0 aromatic heterocycles. The highest BCUT2D eigenvalue weighted by Crippen LogP contribution is 2.30. The van der Waals surface area contributed by atoms with E-state index in [9.17, 15) is 5.11 Å². The maximum atomic E-state index is 9.31. The lowest BCUT2D eigenvalue weighted by atomic mass is 10.3. The van der Waals surface area contributed by atoms with Crippen LogP contribution in [0.1, 0.15) is 0 Å². The highest BCUT2D eigenvalue weighted by molar-refractivity contribution is 9.10. The van der Waals surface area contributed by atoms with E-state index in [1.165, 1.54) is 0 Å². The van der Waals surface area contributed by atoms with Gasteiger partial charge < -0.3 is 9.84 Å². The third kappa shape index (κ3) is 2.50. The molecule has 1 N–H and O–H groups in total. The molecule has 0 bridgehead atoms. The van der Waals surface area contributed by atoms with Gasteiger partial charge in [0.2, 0.25) is 0 Å². The summed E-state index contributed by atoms with van der Waals surface area (Å²) in [6.45, 7) is 0. The number of para-hydroxylation sites is 1. The van der Waals surface area contributed by atoms with E-state index in [4.69, 9.17) is 4.74 Å². The Kier molecular flexibility index (Phi) is 2.92. The number of rotatable bonds is 2. The van der Waals surface area contributed by atoms with Crippen molar-refractivity contribution >= 4 is 15.9 Å². The van der Waals surface area contributed by atoms with Crippen molar-refractivity contribution < 1.29 is 9.84 Å². The SMILES string of the molecule is Oc1ccc(Oc2ccccc2)cc1Br. The van der Waals surface area contributed by atoms with E-state index in [2.05, 4.69) is 15.9 Å². The number of halogens is 1.